The highest BCUT2D eigenvalue weighted by molar-refractivity contribution is 6.33. The number of hydrogen-bond acceptors (Lipinski definition) is 6. The molecule has 3 N–H and O–H groups in total. The molecule has 0 bridgehead atoms. The number of anilines is 2. The standard InChI is InChI=1S/C24H28ClN5O4.H2/c1-14(2)20(21(26)31)28-23(32)16-11-18(25)22(27-12-16)29-9-7-17(8-10-29)30-19-6-4-3-5-15(19)13-34-24(30)33;/h3-6,11-12,14,17,20H,7-10,13H2,1-2H3,(H2,26,31)(H,28,32);1H/t20-;/m0./s1. The molecule has 2 aliphatic rings. The molecular formula is C24H30ClN5O4. The summed E-state index contributed by atoms with van der Waals surface area (Å²) in [5.74, 6) is -0.621. The van der Waals surface area contributed by atoms with Crippen molar-refractivity contribution in [2.75, 3.05) is 22.9 Å². The molecule has 4 rings (SSSR count). The maximum atomic E-state index is 12.6. The second-order valence-electron chi connectivity index (χ2n) is 8.90. The molecule has 3 heterocycles. The van der Waals surface area contributed by atoms with Gasteiger partial charge >= 0.3 is 6.09 Å². The predicted molar refractivity (Wildman–Crippen MR) is 131 cm³/mol. The maximum absolute atomic E-state index is 12.6. The molecule has 182 valence electrons. The van der Waals surface area contributed by atoms with Crippen LogP contribution in [0.25, 0.3) is 0 Å². The third-order valence-electron chi connectivity index (χ3n) is 6.27. The highest BCUT2D eigenvalue weighted by atomic mass is 35.5. The van der Waals surface area contributed by atoms with E-state index in [-0.39, 0.29) is 25.0 Å². The number of halogens is 1. The summed E-state index contributed by atoms with van der Waals surface area (Å²) in [6, 6.07) is 8.56. The Morgan fingerprint density at radius 2 is 1.97 bits per heavy atom. The summed E-state index contributed by atoms with van der Waals surface area (Å²) < 4.78 is 5.37. The molecule has 0 aliphatic carbocycles. The number of primary amides is 1. The van der Waals surface area contributed by atoms with E-state index in [9.17, 15) is 14.4 Å². The van der Waals surface area contributed by atoms with Crippen LogP contribution in [-0.2, 0) is 16.1 Å². The third-order valence-corrected chi connectivity index (χ3v) is 6.55. The fraction of sp³-hybridized carbons (Fsp3) is 0.417. The number of rotatable bonds is 6. The van der Waals surface area contributed by atoms with Gasteiger partial charge in [0.25, 0.3) is 5.91 Å². The third kappa shape index (κ3) is 4.79. The average Bonchev–Trinajstić information content (AvgIpc) is 2.82. The lowest BCUT2D eigenvalue weighted by Crippen LogP contribution is -2.49. The number of fused-ring (bicyclic) bond motifs is 1. The predicted octanol–water partition coefficient (Wildman–Crippen LogP) is 3.35. The Balaban J connectivity index is 0.00000342. The highest BCUT2D eigenvalue weighted by Gasteiger charge is 2.34. The topological polar surface area (TPSA) is 118 Å². The van der Waals surface area contributed by atoms with E-state index in [2.05, 4.69) is 10.3 Å². The number of benzene rings is 1. The fourth-order valence-electron chi connectivity index (χ4n) is 4.44. The van der Waals surface area contributed by atoms with Gasteiger partial charge < -0.3 is 20.7 Å². The Labute approximate surface area is 204 Å². The number of pyridine rings is 1. The van der Waals surface area contributed by atoms with E-state index in [0.29, 0.717) is 30.5 Å². The van der Waals surface area contributed by atoms with Crippen LogP contribution in [0.4, 0.5) is 16.3 Å². The lowest BCUT2D eigenvalue weighted by Gasteiger charge is -2.40. The molecule has 10 heteroatoms. The van der Waals surface area contributed by atoms with Gasteiger partial charge in [-0.1, -0.05) is 43.6 Å². The number of hydrogen-bond donors (Lipinski definition) is 2. The monoisotopic (exact) mass is 487 g/mol. The number of para-hydroxylation sites is 1. The van der Waals surface area contributed by atoms with E-state index in [1.165, 1.54) is 6.20 Å². The molecule has 1 saturated heterocycles. The van der Waals surface area contributed by atoms with Crippen LogP contribution in [0.2, 0.25) is 5.02 Å². The van der Waals surface area contributed by atoms with Crippen LogP contribution < -0.4 is 20.9 Å². The Kier molecular flexibility index (Phi) is 6.92. The number of nitrogens with two attached hydrogens (primary N) is 1. The lowest BCUT2D eigenvalue weighted by molar-refractivity contribution is -0.120. The van der Waals surface area contributed by atoms with Crippen molar-refractivity contribution in [1.29, 1.82) is 0 Å². The second kappa shape index (κ2) is 9.89. The first kappa shape index (κ1) is 23.8. The zero-order valence-electron chi connectivity index (χ0n) is 19.2. The minimum Gasteiger partial charge on any atom is -0.444 e. The van der Waals surface area contributed by atoms with Crippen molar-refractivity contribution in [2.24, 2.45) is 11.7 Å². The molecule has 2 aliphatic heterocycles. The van der Waals surface area contributed by atoms with Crippen LogP contribution in [0.5, 0.6) is 0 Å². The molecule has 1 fully saturated rings. The smallest absolute Gasteiger partial charge is 0.414 e. The summed E-state index contributed by atoms with van der Waals surface area (Å²) in [6.45, 7) is 5.19. The summed E-state index contributed by atoms with van der Waals surface area (Å²) in [4.78, 5) is 44.9. The Bertz CT molecular complexity index is 1110. The van der Waals surface area contributed by atoms with E-state index in [1.54, 1.807) is 24.8 Å². The van der Waals surface area contributed by atoms with Gasteiger partial charge in [0.15, 0.2) is 0 Å². The van der Waals surface area contributed by atoms with Gasteiger partial charge in [0.05, 0.1) is 16.3 Å². The molecule has 2 aromatic rings. The van der Waals surface area contributed by atoms with Crippen molar-refractivity contribution in [3.63, 3.8) is 0 Å². The van der Waals surface area contributed by atoms with Crippen molar-refractivity contribution < 1.29 is 20.5 Å². The van der Waals surface area contributed by atoms with Crippen LogP contribution >= 0.6 is 11.6 Å². The number of aromatic nitrogens is 1. The number of carbonyl (C=O) groups is 3. The van der Waals surface area contributed by atoms with Crippen LogP contribution in [-0.4, -0.2) is 48.1 Å². The minimum atomic E-state index is -0.781. The molecular weight excluding hydrogens is 458 g/mol. The summed E-state index contributed by atoms with van der Waals surface area (Å²) in [7, 11) is 0. The summed E-state index contributed by atoms with van der Waals surface area (Å²) in [6.07, 6.45) is 2.56. The molecule has 9 nitrogen and oxygen atoms in total. The van der Waals surface area contributed by atoms with E-state index in [1.807, 2.05) is 29.2 Å². The van der Waals surface area contributed by atoms with Gasteiger partial charge in [0.2, 0.25) is 5.91 Å². The minimum absolute atomic E-state index is 0. The number of ether oxygens (including phenoxy) is 1. The molecule has 34 heavy (non-hydrogen) atoms. The number of piperidine rings is 1. The molecule has 0 radical (unpaired) electrons. The van der Waals surface area contributed by atoms with Gasteiger partial charge in [-0.25, -0.2) is 9.78 Å². The van der Waals surface area contributed by atoms with Crippen molar-refractivity contribution in [1.82, 2.24) is 10.3 Å². The Morgan fingerprint density at radius 1 is 1.26 bits per heavy atom. The summed E-state index contributed by atoms with van der Waals surface area (Å²) in [5.41, 5.74) is 7.54. The first-order valence-electron chi connectivity index (χ1n) is 11.3. The Morgan fingerprint density at radius 3 is 2.62 bits per heavy atom. The molecule has 3 amide bonds. The van der Waals surface area contributed by atoms with Crippen molar-refractivity contribution in [3.8, 4) is 0 Å². The average molecular weight is 488 g/mol. The lowest BCUT2D eigenvalue weighted by atomic mass is 10.0. The Hall–Kier alpha value is -3.33. The van der Waals surface area contributed by atoms with Gasteiger partial charge in [0, 0.05) is 32.3 Å². The zero-order chi connectivity index (χ0) is 24.4. The van der Waals surface area contributed by atoms with Crippen molar-refractivity contribution in [3.05, 3.63) is 52.7 Å². The highest BCUT2D eigenvalue weighted by Crippen LogP contribution is 2.33. The van der Waals surface area contributed by atoms with E-state index in [0.717, 1.165) is 24.1 Å². The van der Waals surface area contributed by atoms with Gasteiger partial charge in [-0.2, -0.15) is 0 Å². The molecule has 1 atom stereocenters. The second-order valence-corrected chi connectivity index (χ2v) is 9.31. The molecule has 0 spiro atoms. The summed E-state index contributed by atoms with van der Waals surface area (Å²) >= 11 is 6.48. The number of carbonyl (C=O) groups excluding carboxylic acids is 3. The molecule has 0 unspecified atom stereocenters. The maximum Gasteiger partial charge on any atom is 0.414 e. The number of nitrogens with zero attached hydrogens (tertiary/aromatic N) is 3. The molecule has 1 aromatic heterocycles. The van der Waals surface area contributed by atoms with Gasteiger partial charge in [-0.15, -0.1) is 0 Å². The van der Waals surface area contributed by atoms with Crippen LogP contribution in [0.1, 0.15) is 44.0 Å². The quantitative estimate of drug-likeness (QED) is 0.645. The molecule has 0 saturated carbocycles. The SMILES string of the molecule is CC(C)[C@H](NC(=O)c1cnc(N2CCC(N3C(=O)OCc4ccccc43)CC2)c(Cl)c1)C(N)=O.[HH]. The van der Waals surface area contributed by atoms with Gasteiger partial charge in [-0.05, 0) is 30.9 Å². The fourth-order valence-corrected chi connectivity index (χ4v) is 4.72. The van der Waals surface area contributed by atoms with Crippen LogP contribution in [0, 0.1) is 5.92 Å². The van der Waals surface area contributed by atoms with Gasteiger partial charge in [-0.3, -0.25) is 14.5 Å². The van der Waals surface area contributed by atoms with E-state index in [4.69, 9.17) is 22.1 Å². The molecule has 1 aromatic carbocycles. The zero-order valence-corrected chi connectivity index (χ0v) is 19.9. The van der Waals surface area contributed by atoms with Crippen molar-refractivity contribution >= 4 is 41.0 Å². The van der Waals surface area contributed by atoms with Crippen molar-refractivity contribution in [2.45, 2.75) is 45.4 Å². The number of nitrogens with one attached hydrogen (secondary N) is 1. The largest absolute Gasteiger partial charge is 0.444 e. The van der Waals surface area contributed by atoms with Crippen LogP contribution in [0.15, 0.2) is 36.5 Å². The summed E-state index contributed by atoms with van der Waals surface area (Å²) in [5, 5.41) is 2.98. The van der Waals surface area contributed by atoms with Crippen LogP contribution in [0.3, 0.4) is 0 Å². The number of amides is 3. The van der Waals surface area contributed by atoms with E-state index >= 15 is 0 Å². The normalized spacial score (nSPS) is 17.2. The number of cyclic esters (lactones) is 1. The first-order valence-corrected chi connectivity index (χ1v) is 11.7. The van der Waals surface area contributed by atoms with E-state index < -0.39 is 17.9 Å². The first-order chi connectivity index (χ1) is 16.3. The van der Waals surface area contributed by atoms with Gasteiger partial charge in [0.1, 0.15) is 18.5 Å².